The average Bonchev–Trinajstić information content (AvgIpc) is 3.89. The maximum absolute atomic E-state index is 6.63. The van der Waals surface area contributed by atoms with Gasteiger partial charge in [0.1, 0.15) is 0 Å². The Hall–Kier alpha value is -5.93. The number of benzene rings is 7. The molecule has 0 radical (unpaired) electrons. The van der Waals surface area contributed by atoms with Crippen LogP contribution in [0.5, 0.6) is 0 Å². The fourth-order valence-corrected chi connectivity index (χ4v) is 10.4. The molecule has 3 nitrogen and oxygen atoms in total. The standard InChI is InChI=1S/C43H34NOSe.C13H12N.Ir/c1-26(2)36-23-31(29-15-9-6-10-16-29)24-37(27(3)4)40(36)34-18-12-20-38-42(34)46-43(44-38)35-19-11-17-33-32-22-21-30(25-39(32)45-41(33)35)28-13-7-5-8-14-28;1-11-7-3-4-8-12(11)13-9-5-6-10-14(13)2;/h5-18,20-27H,1-4H3;3-10H,1-2H2;/q2*-1;+3. The molecule has 5 heteroatoms. The minimum absolute atomic E-state index is 0. The number of nitrogens with zero attached hydrogens (tertiary/aromatic N) is 2. The van der Waals surface area contributed by atoms with Crippen molar-refractivity contribution in [3.63, 3.8) is 0 Å². The first-order valence-corrected chi connectivity index (χ1v) is 22.2. The smallest absolute Gasteiger partial charge is 0.343 e. The van der Waals surface area contributed by atoms with Crippen molar-refractivity contribution in [2.45, 2.75) is 39.5 Å². The van der Waals surface area contributed by atoms with Gasteiger partial charge in [-0.3, -0.25) is 0 Å². The van der Waals surface area contributed by atoms with E-state index >= 15 is 0 Å². The molecule has 0 unspecified atom stereocenters. The molecule has 0 N–H and O–H groups in total. The molecular weight excluding hydrogens is 988 g/mol. The maximum atomic E-state index is 6.63. The molecule has 3 aromatic heterocycles. The van der Waals surface area contributed by atoms with E-state index in [-0.39, 0.29) is 34.6 Å². The molecule has 0 amide bonds. The molecule has 0 aliphatic heterocycles. The number of hydrogen-bond acceptors (Lipinski definition) is 2. The minimum atomic E-state index is -0.00845. The van der Waals surface area contributed by atoms with E-state index in [0.717, 1.165) is 60.0 Å². The summed E-state index contributed by atoms with van der Waals surface area (Å²) in [6, 6.07) is 61.0. The zero-order valence-electron chi connectivity index (χ0n) is 34.8. The predicted octanol–water partition coefficient (Wildman–Crippen LogP) is 14.4. The maximum Gasteiger partial charge on any atom is 3.00 e. The number of pyridine rings is 1. The summed E-state index contributed by atoms with van der Waals surface area (Å²) < 4.78 is 10.9. The normalized spacial score (nSPS) is 11.2. The van der Waals surface area contributed by atoms with E-state index in [9.17, 15) is 0 Å². The van der Waals surface area contributed by atoms with Crippen LogP contribution >= 0.6 is 0 Å². The van der Waals surface area contributed by atoms with Crippen molar-refractivity contribution in [1.82, 2.24) is 4.98 Å². The summed E-state index contributed by atoms with van der Waals surface area (Å²) in [5, 5.41) is 2.23. The van der Waals surface area contributed by atoms with Gasteiger partial charge < -0.3 is 4.57 Å². The number of aromatic nitrogens is 2. The van der Waals surface area contributed by atoms with Crippen molar-refractivity contribution in [2.75, 3.05) is 0 Å². The third-order valence-corrected chi connectivity index (χ3v) is 13.6. The molecule has 3 heterocycles. The molecule has 0 aliphatic rings. The van der Waals surface area contributed by atoms with Crippen LogP contribution in [0.4, 0.5) is 0 Å². The molecule has 0 fully saturated rings. The zero-order chi connectivity index (χ0) is 41.3. The van der Waals surface area contributed by atoms with Gasteiger partial charge in [-0.05, 0) is 0 Å². The van der Waals surface area contributed by atoms with Crippen molar-refractivity contribution in [1.29, 1.82) is 0 Å². The van der Waals surface area contributed by atoms with Crippen molar-refractivity contribution in [3.05, 3.63) is 207 Å². The van der Waals surface area contributed by atoms with Crippen molar-refractivity contribution >= 4 is 46.2 Å². The van der Waals surface area contributed by atoms with Gasteiger partial charge in [0.15, 0.2) is 0 Å². The molecule has 0 atom stereocenters. The Balaban J connectivity index is 0.000000291. The van der Waals surface area contributed by atoms with Gasteiger partial charge in [0.05, 0.1) is 11.9 Å². The quantitative estimate of drug-likeness (QED) is 0.0904. The Morgan fingerprint density at radius 1 is 0.623 bits per heavy atom. The van der Waals surface area contributed by atoms with E-state index in [1.807, 2.05) is 59.3 Å². The van der Waals surface area contributed by atoms with Crippen LogP contribution < -0.4 is 4.57 Å². The summed E-state index contributed by atoms with van der Waals surface area (Å²) in [5.74, 6) is 0.749. The number of rotatable bonds is 7. The van der Waals surface area contributed by atoms with E-state index in [1.54, 1.807) is 0 Å². The monoisotopic (exact) mass is 1040 g/mol. The van der Waals surface area contributed by atoms with Crippen LogP contribution in [0.15, 0.2) is 174 Å². The molecule has 0 aliphatic carbocycles. The molecule has 10 aromatic rings. The predicted molar refractivity (Wildman–Crippen MR) is 252 cm³/mol. The van der Waals surface area contributed by atoms with Crippen molar-refractivity contribution in [2.24, 2.45) is 0 Å². The van der Waals surface area contributed by atoms with Gasteiger partial charge in [-0.2, -0.15) is 18.6 Å². The van der Waals surface area contributed by atoms with Gasteiger partial charge in [0, 0.05) is 7.05 Å². The largest absolute Gasteiger partial charge is 3.00 e. The summed E-state index contributed by atoms with van der Waals surface area (Å²) >= 11 is -0.00845. The molecule has 0 spiro atoms. The van der Waals surface area contributed by atoms with Crippen LogP contribution in [0, 0.1) is 20.0 Å². The molecule has 7 aromatic carbocycles. The van der Waals surface area contributed by atoms with Gasteiger partial charge in [0.2, 0.25) is 0 Å². The second kappa shape index (κ2) is 18.0. The fourth-order valence-electron chi connectivity index (χ4n) is 8.16. The van der Waals surface area contributed by atoms with E-state index in [4.69, 9.17) is 9.40 Å². The Morgan fingerprint density at radius 3 is 1.93 bits per heavy atom. The zero-order valence-corrected chi connectivity index (χ0v) is 38.9. The first kappa shape index (κ1) is 41.8. The van der Waals surface area contributed by atoms with E-state index < -0.39 is 0 Å². The molecule has 300 valence electrons. The Morgan fingerprint density at radius 2 is 1.26 bits per heavy atom. The van der Waals surface area contributed by atoms with Crippen LogP contribution in [0.2, 0.25) is 0 Å². The molecule has 10 rings (SSSR count). The van der Waals surface area contributed by atoms with E-state index in [0.29, 0.717) is 11.8 Å². The van der Waals surface area contributed by atoms with Crippen LogP contribution in [-0.2, 0) is 20.1 Å². The molecule has 0 saturated heterocycles. The number of fused-ring (bicyclic) bond motifs is 4. The second-order valence-corrected chi connectivity index (χ2v) is 18.0. The Bertz CT molecular complexity index is 3050. The van der Waals surface area contributed by atoms with Gasteiger partial charge in [-0.25, -0.2) is 0 Å². The van der Waals surface area contributed by atoms with Gasteiger partial charge in [-0.1, -0.05) is 24.3 Å². The second-order valence-electron chi connectivity index (χ2n) is 15.9. The summed E-state index contributed by atoms with van der Waals surface area (Å²) in [7, 11) is 3.93. The number of hydrogen-bond donors (Lipinski definition) is 0. The van der Waals surface area contributed by atoms with E-state index in [2.05, 4.69) is 163 Å². The third-order valence-electron chi connectivity index (χ3n) is 11.2. The topological polar surface area (TPSA) is 29.9 Å². The summed E-state index contributed by atoms with van der Waals surface area (Å²) in [4.78, 5) is 5.26. The summed E-state index contributed by atoms with van der Waals surface area (Å²) in [6.45, 7) is 13.3. The SMILES string of the molecule is CC(C)c1cc(-c2ccccc2)cc(C(C)C)c1-c1cccc2nc(-c3[c-]ccc4c3oc3cc(-c5ccccc5)ccc34)[se]c12.[CH2-]c1ccccc1-c1cccc[n+]1[CH2-].[Ir+3]. The average molecular weight is 1030 g/mol. The molecule has 0 saturated carbocycles. The Kier molecular flexibility index (Phi) is 12.3. The van der Waals surface area contributed by atoms with Crippen LogP contribution in [-0.4, -0.2) is 19.5 Å². The van der Waals surface area contributed by atoms with Crippen molar-refractivity contribution < 1.29 is 29.1 Å². The van der Waals surface area contributed by atoms with Gasteiger partial charge in [-0.15, -0.1) is 17.7 Å². The molecule has 0 bridgehead atoms. The van der Waals surface area contributed by atoms with Crippen LogP contribution in [0.1, 0.15) is 56.2 Å². The summed E-state index contributed by atoms with van der Waals surface area (Å²) in [6.07, 6.45) is 1.93. The first-order chi connectivity index (χ1) is 29.2. The minimum Gasteiger partial charge on any atom is -0.343 e. The third kappa shape index (κ3) is 8.28. The van der Waals surface area contributed by atoms with Crippen LogP contribution in [0.25, 0.3) is 86.5 Å². The van der Waals surface area contributed by atoms with Crippen LogP contribution in [0.3, 0.4) is 0 Å². The van der Waals surface area contributed by atoms with E-state index in [1.165, 1.54) is 43.2 Å². The number of furan rings is 1. The van der Waals surface area contributed by atoms with Gasteiger partial charge >= 0.3 is 297 Å². The Labute approximate surface area is 378 Å². The van der Waals surface area contributed by atoms with Gasteiger partial charge in [0.25, 0.3) is 0 Å². The summed E-state index contributed by atoms with van der Waals surface area (Å²) in [5.41, 5.74) is 17.4. The molecule has 61 heavy (non-hydrogen) atoms. The molecular formula is C56H46IrN2OSe+. The first-order valence-electron chi connectivity index (χ1n) is 20.5. The van der Waals surface area contributed by atoms with Crippen molar-refractivity contribution in [3.8, 4) is 54.8 Å². The fraction of sp³-hybridized carbons (Fsp3) is 0.107.